The van der Waals surface area contributed by atoms with E-state index in [4.69, 9.17) is 5.73 Å². The Kier molecular flexibility index (Phi) is 2.04. The van der Waals surface area contributed by atoms with Gasteiger partial charge in [-0.05, 0) is 18.2 Å². The second-order valence-corrected chi connectivity index (χ2v) is 5.11. The number of sulfone groups is 1. The first kappa shape index (κ1) is 9.78. The molecule has 2 rings (SSSR count). The van der Waals surface area contributed by atoms with Gasteiger partial charge >= 0.3 is 0 Å². The van der Waals surface area contributed by atoms with E-state index in [1.54, 1.807) is 6.07 Å². The third-order valence-corrected chi connectivity index (χ3v) is 2.98. The zero-order valence-corrected chi connectivity index (χ0v) is 8.69. The monoisotopic (exact) mass is 224 g/mol. The van der Waals surface area contributed by atoms with Gasteiger partial charge in [-0.1, -0.05) is 0 Å². The lowest BCUT2D eigenvalue weighted by Gasteiger charge is -2.00. The first-order valence-corrected chi connectivity index (χ1v) is 5.96. The molecule has 0 aliphatic rings. The minimum atomic E-state index is -3.23. The molecule has 0 saturated carbocycles. The van der Waals surface area contributed by atoms with E-state index >= 15 is 0 Å². The Bertz CT molecular complexity index is 624. The zero-order valence-electron chi connectivity index (χ0n) is 7.88. The topological polar surface area (TPSA) is 98.8 Å². The van der Waals surface area contributed by atoms with Crippen LogP contribution in [-0.4, -0.2) is 29.9 Å². The van der Waals surface area contributed by atoms with Gasteiger partial charge in [0.15, 0.2) is 9.84 Å². The molecule has 0 radical (unpaired) electrons. The molecule has 7 heteroatoms. The van der Waals surface area contributed by atoms with Crippen LogP contribution < -0.4 is 5.73 Å². The summed E-state index contributed by atoms with van der Waals surface area (Å²) in [7, 11) is -3.23. The van der Waals surface area contributed by atoms with E-state index in [0.717, 1.165) is 6.26 Å². The van der Waals surface area contributed by atoms with Crippen molar-refractivity contribution in [2.45, 2.75) is 4.90 Å². The van der Waals surface area contributed by atoms with Crippen LogP contribution in [-0.2, 0) is 9.84 Å². The fourth-order valence-electron chi connectivity index (χ4n) is 1.16. The predicted molar refractivity (Wildman–Crippen MR) is 54.9 cm³/mol. The van der Waals surface area contributed by atoms with Gasteiger partial charge in [0.1, 0.15) is 5.52 Å². The maximum Gasteiger partial charge on any atom is 0.240 e. The van der Waals surface area contributed by atoms with Gasteiger partial charge in [0, 0.05) is 6.26 Å². The Morgan fingerprint density at radius 3 is 2.60 bits per heavy atom. The molecule has 2 N–H and O–H groups in total. The van der Waals surface area contributed by atoms with E-state index in [1.807, 2.05) is 0 Å². The SMILES string of the molecule is CS(=O)(=O)c1ccc2nc(N)nnc2c1. The summed E-state index contributed by atoms with van der Waals surface area (Å²) in [5.41, 5.74) is 6.28. The van der Waals surface area contributed by atoms with Crippen LogP contribution in [0.4, 0.5) is 5.95 Å². The van der Waals surface area contributed by atoms with Gasteiger partial charge in [0.05, 0.1) is 10.4 Å². The number of hydrogen-bond donors (Lipinski definition) is 1. The molecule has 0 amide bonds. The Morgan fingerprint density at radius 2 is 1.93 bits per heavy atom. The molecule has 0 aliphatic carbocycles. The summed E-state index contributed by atoms with van der Waals surface area (Å²) < 4.78 is 22.5. The van der Waals surface area contributed by atoms with Crippen LogP contribution >= 0.6 is 0 Å². The summed E-state index contributed by atoms with van der Waals surface area (Å²) in [6.07, 6.45) is 1.13. The highest BCUT2D eigenvalue weighted by Crippen LogP contribution is 2.15. The number of hydrogen-bond acceptors (Lipinski definition) is 6. The van der Waals surface area contributed by atoms with Gasteiger partial charge in [-0.15, -0.1) is 10.2 Å². The molecule has 0 fully saturated rings. The molecule has 1 heterocycles. The Hall–Kier alpha value is -1.76. The van der Waals surface area contributed by atoms with E-state index in [1.165, 1.54) is 12.1 Å². The zero-order chi connectivity index (χ0) is 11.1. The summed E-state index contributed by atoms with van der Waals surface area (Å²) >= 11 is 0. The van der Waals surface area contributed by atoms with E-state index < -0.39 is 9.84 Å². The highest BCUT2D eigenvalue weighted by Gasteiger charge is 2.08. The molecule has 6 nitrogen and oxygen atoms in total. The number of nitrogen functional groups attached to an aromatic ring is 1. The van der Waals surface area contributed by atoms with Gasteiger partial charge in [-0.25, -0.2) is 13.4 Å². The van der Waals surface area contributed by atoms with E-state index in [9.17, 15) is 8.42 Å². The van der Waals surface area contributed by atoms with Crippen molar-refractivity contribution in [1.82, 2.24) is 15.2 Å². The molecule has 1 aromatic heterocycles. The van der Waals surface area contributed by atoms with E-state index in [0.29, 0.717) is 11.0 Å². The average molecular weight is 224 g/mol. The first-order chi connectivity index (χ1) is 6.97. The molecular weight excluding hydrogens is 216 g/mol. The van der Waals surface area contributed by atoms with Crippen molar-refractivity contribution < 1.29 is 8.42 Å². The molecule has 0 unspecified atom stereocenters. The summed E-state index contributed by atoms with van der Waals surface area (Å²) in [6.45, 7) is 0. The number of nitrogens with zero attached hydrogens (tertiary/aromatic N) is 3. The van der Waals surface area contributed by atoms with Crippen LogP contribution in [0.5, 0.6) is 0 Å². The summed E-state index contributed by atoms with van der Waals surface area (Å²) in [5, 5.41) is 7.31. The number of benzene rings is 1. The van der Waals surface area contributed by atoms with Crippen molar-refractivity contribution in [3.05, 3.63) is 18.2 Å². The van der Waals surface area contributed by atoms with Crippen LogP contribution in [0.3, 0.4) is 0 Å². The molecule has 2 aromatic rings. The number of fused-ring (bicyclic) bond motifs is 1. The maximum absolute atomic E-state index is 11.3. The lowest BCUT2D eigenvalue weighted by Crippen LogP contribution is -2.00. The van der Waals surface area contributed by atoms with Gasteiger partial charge in [0.2, 0.25) is 5.95 Å². The highest BCUT2D eigenvalue weighted by molar-refractivity contribution is 7.90. The van der Waals surface area contributed by atoms with Crippen molar-refractivity contribution in [2.24, 2.45) is 0 Å². The standard InChI is InChI=1S/C8H8N4O2S/c1-15(13,14)5-2-3-6-7(4-5)11-12-8(9)10-6/h2-4H,1H3,(H2,9,10,12). The van der Waals surface area contributed by atoms with Crippen molar-refractivity contribution in [3.63, 3.8) is 0 Å². The molecule has 0 bridgehead atoms. The number of aromatic nitrogens is 3. The fourth-order valence-corrected chi connectivity index (χ4v) is 1.80. The number of anilines is 1. The smallest absolute Gasteiger partial charge is 0.240 e. The van der Waals surface area contributed by atoms with Crippen molar-refractivity contribution in [1.29, 1.82) is 0 Å². The van der Waals surface area contributed by atoms with E-state index in [-0.39, 0.29) is 10.8 Å². The van der Waals surface area contributed by atoms with Crippen LogP contribution in [0, 0.1) is 0 Å². The molecule has 0 saturated heterocycles. The van der Waals surface area contributed by atoms with Crippen LogP contribution in [0.2, 0.25) is 0 Å². The second-order valence-electron chi connectivity index (χ2n) is 3.09. The Labute approximate surface area is 86.1 Å². The first-order valence-electron chi connectivity index (χ1n) is 4.07. The number of rotatable bonds is 1. The molecule has 0 spiro atoms. The highest BCUT2D eigenvalue weighted by atomic mass is 32.2. The molecule has 0 aliphatic heterocycles. The normalized spacial score (nSPS) is 11.8. The largest absolute Gasteiger partial charge is 0.366 e. The van der Waals surface area contributed by atoms with Crippen molar-refractivity contribution in [2.75, 3.05) is 12.0 Å². The lowest BCUT2D eigenvalue weighted by molar-refractivity contribution is 0.602. The molecule has 1 aromatic carbocycles. The summed E-state index contributed by atoms with van der Waals surface area (Å²) in [4.78, 5) is 4.10. The predicted octanol–water partition coefficient (Wildman–Crippen LogP) is 0.0105. The number of nitrogens with two attached hydrogens (primary N) is 1. The summed E-state index contributed by atoms with van der Waals surface area (Å²) in [6, 6.07) is 4.44. The van der Waals surface area contributed by atoms with Crippen LogP contribution in [0.1, 0.15) is 0 Å². The van der Waals surface area contributed by atoms with Gasteiger partial charge in [-0.3, -0.25) is 0 Å². The van der Waals surface area contributed by atoms with Gasteiger partial charge in [-0.2, -0.15) is 0 Å². The van der Waals surface area contributed by atoms with Gasteiger partial charge < -0.3 is 5.73 Å². The van der Waals surface area contributed by atoms with Crippen LogP contribution in [0.25, 0.3) is 11.0 Å². The molecule has 78 valence electrons. The van der Waals surface area contributed by atoms with Gasteiger partial charge in [0.25, 0.3) is 0 Å². The average Bonchev–Trinajstić information content (AvgIpc) is 2.15. The summed E-state index contributed by atoms with van der Waals surface area (Å²) in [5.74, 6) is 0.0644. The molecular formula is C8H8N4O2S. The molecule has 15 heavy (non-hydrogen) atoms. The quantitative estimate of drug-likeness (QED) is 0.732. The fraction of sp³-hybridized carbons (Fsp3) is 0.125. The van der Waals surface area contributed by atoms with Crippen molar-refractivity contribution >= 4 is 26.8 Å². The van der Waals surface area contributed by atoms with Crippen molar-refractivity contribution in [3.8, 4) is 0 Å². The lowest BCUT2D eigenvalue weighted by atomic mass is 10.3. The van der Waals surface area contributed by atoms with E-state index in [2.05, 4.69) is 15.2 Å². The third kappa shape index (κ3) is 1.86. The maximum atomic E-state index is 11.3. The molecule has 0 atom stereocenters. The minimum absolute atomic E-state index is 0.0644. The Balaban J connectivity index is 2.73. The Morgan fingerprint density at radius 1 is 1.20 bits per heavy atom. The minimum Gasteiger partial charge on any atom is -0.366 e. The second kappa shape index (κ2) is 3.13. The van der Waals surface area contributed by atoms with Crippen LogP contribution in [0.15, 0.2) is 23.1 Å². The third-order valence-electron chi connectivity index (χ3n) is 1.87.